The Morgan fingerprint density at radius 1 is 1.00 bits per heavy atom. The van der Waals surface area contributed by atoms with Crippen LogP contribution in [0.3, 0.4) is 0 Å². The monoisotopic (exact) mass is 435 g/mol. The summed E-state index contributed by atoms with van der Waals surface area (Å²) in [5, 5.41) is 0.926. The predicted octanol–water partition coefficient (Wildman–Crippen LogP) is 3.11. The van der Waals surface area contributed by atoms with Gasteiger partial charge in [0.2, 0.25) is 5.95 Å². The van der Waals surface area contributed by atoms with Crippen LogP contribution < -0.4 is 14.5 Å². The highest BCUT2D eigenvalue weighted by atomic mass is 35.5. The molecular weight excluding hydrogens is 413 g/mol. The lowest BCUT2D eigenvalue weighted by molar-refractivity contribution is -0.133. The average molecular weight is 436 g/mol. The van der Waals surface area contributed by atoms with E-state index in [-0.39, 0.29) is 12.5 Å². The number of anilines is 2. The molecule has 0 unspecified atom stereocenters. The molecule has 2 aliphatic rings. The van der Waals surface area contributed by atoms with Crippen LogP contribution in [0.1, 0.15) is 12.8 Å². The van der Waals surface area contributed by atoms with Crippen LogP contribution in [-0.2, 0) is 4.79 Å². The third kappa shape index (κ3) is 4.85. The van der Waals surface area contributed by atoms with E-state index in [1.165, 1.54) is 12.8 Å². The Morgan fingerprint density at radius 3 is 2.48 bits per heavy atom. The summed E-state index contributed by atoms with van der Waals surface area (Å²) >= 11 is 12.0. The summed E-state index contributed by atoms with van der Waals surface area (Å²) in [5.41, 5.74) is 0. The van der Waals surface area contributed by atoms with Crippen molar-refractivity contribution < 1.29 is 9.53 Å². The van der Waals surface area contributed by atoms with Gasteiger partial charge in [-0.1, -0.05) is 23.2 Å². The van der Waals surface area contributed by atoms with Crippen molar-refractivity contribution in [3.63, 3.8) is 0 Å². The Bertz CT molecular complexity index is 868. The van der Waals surface area contributed by atoms with Gasteiger partial charge in [0.25, 0.3) is 5.91 Å². The Labute approximate surface area is 180 Å². The molecule has 2 saturated heterocycles. The molecule has 0 spiro atoms. The number of aromatic nitrogens is 2. The van der Waals surface area contributed by atoms with E-state index in [0.717, 1.165) is 37.9 Å². The molecule has 0 N–H and O–H groups in total. The minimum absolute atomic E-state index is 0.0477. The van der Waals surface area contributed by atoms with Crippen molar-refractivity contribution in [2.24, 2.45) is 0 Å². The second-order valence-corrected chi connectivity index (χ2v) is 7.98. The van der Waals surface area contributed by atoms with E-state index in [1.807, 2.05) is 17.2 Å². The van der Waals surface area contributed by atoms with Crippen LogP contribution in [0.2, 0.25) is 10.0 Å². The van der Waals surface area contributed by atoms with Crippen LogP contribution in [0.25, 0.3) is 0 Å². The molecule has 0 atom stereocenters. The molecule has 2 aliphatic heterocycles. The summed E-state index contributed by atoms with van der Waals surface area (Å²) in [5.74, 6) is 2.11. The number of benzene rings is 1. The minimum atomic E-state index is -0.0592. The van der Waals surface area contributed by atoms with Crippen molar-refractivity contribution in [3.05, 3.63) is 40.5 Å². The van der Waals surface area contributed by atoms with Gasteiger partial charge in [-0.2, -0.15) is 4.98 Å². The Balaban J connectivity index is 1.30. The molecule has 0 bridgehead atoms. The standard InChI is InChI=1S/C20H23Cl2N5O2/c21-15-3-4-17(16(22)13-15)29-14-19(28)26-11-9-25(10-12-26)18-5-6-23-20(24-18)27-7-1-2-8-27/h3-6,13H,1-2,7-12,14H2. The molecule has 1 aromatic heterocycles. The lowest BCUT2D eigenvalue weighted by Crippen LogP contribution is -2.50. The van der Waals surface area contributed by atoms with E-state index >= 15 is 0 Å². The number of rotatable bonds is 5. The van der Waals surface area contributed by atoms with Crippen molar-refractivity contribution in [3.8, 4) is 5.75 Å². The topological polar surface area (TPSA) is 61.8 Å². The smallest absolute Gasteiger partial charge is 0.260 e. The maximum atomic E-state index is 12.5. The molecule has 3 heterocycles. The Kier molecular flexibility index (Phi) is 6.25. The largest absolute Gasteiger partial charge is 0.482 e. The lowest BCUT2D eigenvalue weighted by atomic mass is 10.3. The van der Waals surface area contributed by atoms with E-state index in [2.05, 4.69) is 14.8 Å². The van der Waals surface area contributed by atoms with Crippen LogP contribution in [0.4, 0.5) is 11.8 Å². The van der Waals surface area contributed by atoms with Gasteiger partial charge in [0.15, 0.2) is 6.61 Å². The molecule has 7 nitrogen and oxygen atoms in total. The van der Waals surface area contributed by atoms with Crippen LogP contribution in [-0.4, -0.2) is 66.7 Å². The Hall–Kier alpha value is -2.25. The second-order valence-electron chi connectivity index (χ2n) is 7.14. The number of ether oxygens (including phenoxy) is 1. The first-order chi connectivity index (χ1) is 14.1. The number of halogens is 2. The molecule has 2 fully saturated rings. The summed E-state index contributed by atoms with van der Waals surface area (Å²) < 4.78 is 5.57. The number of amides is 1. The lowest BCUT2D eigenvalue weighted by Gasteiger charge is -2.35. The maximum Gasteiger partial charge on any atom is 0.260 e. The van der Waals surface area contributed by atoms with Gasteiger partial charge in [-0.15, -0.1) is 0 Å². The fraction of sp³-hybridized carbons (Fsp3) is 0.450. The number of nitrogens with zero attached hydrogens (tertiary/aromatic N) is 5. The molecule has 2 aromatic rings. The molecule has 1 amide bonds. The third-order valence-corrected chi connectivity index (χ3v) is 5.75. The van der Waals surface area contributed by atoms with E-state index in [4.69, 9.17) is 32.9 Å². The zero-order chi connectivity index (χ0) is 20.2. The fourth-order valence-electron chi connectivity index (χ4n) is 3.59. The van der Waals surface area contributed by atoms with Crippen molar-refractivity contribution in [2.45, 2.75) is 12.8 Å². The summed E-state index contributed by atoms with van der Waals surface area (Å²) in [6.45, 7) is 4.69. The fourth-order valence-corrected chi connectivity index (χ4v) is 4.06. The summed E-state index contributed by atoms with van der Waals surface area (Å²) in [4.78, 5) is 27.9. The SMILES string of the molecule is O=C(COc1ccc(Cl)cc1Cl)N1CCN(c2ccnc(N3CCCC3)n2)CC1. The van der Waals surface area contributed by atoms with Crippen molar-refractivity contribution in [2.75, 3.05) is 55.7 Å². The highest BCUT2D eigenvalue weighted by Crippen LogP contribution is 2.27. The normalized spacial score (nSPS) is 17.0. The number of hydrogen-bond acceptors (Lipinski definition) is 6. The predicted molar refractivity (Wildman–Crippen MR) is 114 cm³/mol. The van der Waals surface area contributed by atoms with Crippen LogP contribution in [0.5, 0.6) is 5.75 Å². The second kappa shape index (κ2) is 9.05. The molecule has 1 aromatic carbocycles. The number of carbonyl (C=O) groups is 1. The first kappa shape index (κ1) is 20.0. The quantitative estimate of drug-likeness (QED) is 0.718. The van der Waals surface area contributed by atoms with Gasteiger partial charge in [-0.05, 0) is 37.1 Å². The molecule has 9 heteroatoms. The maximum absolute atomic E-state index is 12.5. The first-order valence-electron chi connectivity index (χ1n) is 9.79. The number of piperazine rings is 1. The van der Waals surface area contributed by atoms with Gasteiger partial charge in [0, 0.05) is 50.5 Å². The van der Waals surface area contributed by atoms with Crippen LogP contribution in [0, 0.1) is 0 Å². The number of carbonyl (C=O) groups excluding carboxylic acids is 1. The average Bonchev–Trinajstić information content (AvgIpc) is 3.28. The van der Waals surface area contributed by atoms with Crippen LogP contribution >= 0.6 is 23.2 Å². The van der Waals surface area contributed by atoms with Gasteiger partial charge in [-0.3, -0.25) is 4.79 Å². The van der Waals surface area contributed by atoms with Gasteiger partial charge < -0.3 is 19.4 Å². The van der Waals surface area contributed by atoms with Gasteiger partial charge in [0.1, 0.15) is 11.6 Å². The van der Waals surface area contributed by atoms with E-state index in [1.54, 1.807) is 18.2 Å². The molecule has 29 heavy (non-hydrogen) atoms. The highest BCUT2D eigenvalue weighted by Gasteiger charge is 2.23. The Morgan fingerprint density at radius 2 is 1.76 bits per heavy atom. The summed E-state index contributed by atoms with van der Waals surface area (Å²) in [7, 11) is 0. The summed E-state index contributed by atoms with van der Waals surface area (Å²) in [6, 6.07) is 6.88. The van der Waals surface area contributed by atoms with Crippen LogP contribution in [0.15, 0.2) is 30.5 Å². The number of hydrogen-bond donors (Lipinski definition) is 0. The first-order valence-corrected chi connectivity index (χ1v) is 10.5. The van der Waals surface area contributed by atoms with E-state index in [0.29, 0.717) is 28.9 Å². The molecular formula is C20H23Cl2N5O2. The third-order valence-electron chi connectivity index (χ3n) is 5.22. The summed E-state index contributed by atoms with van der Waals surface area (Å²) in [6.07, 6.45) is 4.20. The van der Waals surface area contributed by atoms with E-state index in [9.17, 15) is 4.79 Å². The van der Waals surface area contributed by atoms with Gasteiger partial charge in [0.05, 0.1) is 5.02 Å². The zero-order valence-electron chi connectivity index (χ0n) is 16.1. The molecule has 0 saturated carbocycles. The van der Waals surface area contributed by atoms with Crippen molar-refractivity contribution in [1.29, 1.82) is 0 Å². The van der Waals surface area contributed by atoms with Gasteiger partial charge >= 0.3 is 0 Å². The molecule has 154 valence electrons. The highest BCUT2D eigenvalue weighted by molar-refractivity contribution is 6.35. The zero-order valence-corrected chi connectivity index (χ0v) is 17.6. The van der Waals surface area contributed by atoms with Gasteiger partial charge in [-0.25, -0.2) is 4.98 Å². The van der Waals surface area contributed by atoms with Crippen molar-refractivity contribution in [1.82, 2.24) is 14.9 Å². The molecule has 0 aliphatic carbocycles. The van der Waals surface area contributed by atoms with E-state index < -0.39 is 0 Å². The molecule has 0 radical (unpaired) electrons. The minimum Gasteiger partial charge on any atom is -0.482 e. The molecule has 4 rings (SSSR count). The van der Waals surface area contributed by atoms with Crippen molar-refractivity contribution >= 4 is 40.9 Å².